The van der Waals surface area contributed by atoms with Gasteiger partial charge >= 0.3 is 0 Å². The molecule has 1 aliphatic heterocycles. The molecule has 1 aliphatic carbocycles. The Morgan fingerprint density at radius 3 is 2.58 bits per heavy atom. The lowest BCUT2D eigenvalue weighted by Crippen LogP contribution is -2.36. The van der Waals surface area contributed by atoms with Crippen LogP contribution in [0.3, 0.4) is 0 Å². The molecule has 2 rings (SSSR count). The van der Waals surface area contributed by atoms with Crippen molar-refractivity contribution in [1.29, 1.82) is 0 Å². The van der Waals surface area contributed by atoms with Crippen LogP contribution in [0.4, 0.5) is 0 Å². The topological polar surface area (TPSA) is 61.4 Å². The first-order chi connectivity index (χ1) is 9.25. The molecule has 3 N–H and O–H groups in total. The van der Waals surface area contributed by atoms with E-state index in [0.717, 1.165) is 32.4 Å². The molecule has 0 spiro atoms. The van der Waals surface area contributed by atoms with Crippen molar-refractivity contribution in [2.24, 2.45) is 11.8 Å². The summed E-state index contributed by atoms with van der Waals surface area (Å²) >= 11 is 0. The van der Waals surface area contributed by atoms with E-state index in [4.69, 9.17) is 0 Å². The lowest BCUT2D eigenvalue weighted by atomic mass is 9.93. The van der Waals surface area contributed by atoms with E-state index in [2.05, 4.69) is 10.6 Å². The van der Waals surface area contributed by atoms with Crippen LogP contribution in [-0.2, 0) is 4.79 Å². The van der Waals surface area contributed by atoms with Gasteiger partial charge < -0.3 is 15.7 Å². The minimum absolute atomic E-state index is 0.107. The Balaban J connectivity index is 1.55. The van der Waals surface area contributed by atoms with Gasteiger partial charge in [0.25, 0.3) is 0 Å². The molecular formula is C15H28N2O2. The molecule has 2 aliphatic rings. The third kappa shape index (κ3) is 5.11. The van der Waals surface area contributed by atoms with Crippen LogP contribution < -0.4 is 10.6 Å². The smallest absolute Gasteiger partial charge is 0.220 e. The summed E-state index contributed by atoms with van der Waals surface area (Å²) in [5, 5.41) is 16.2. The van der Waals surface area contributed by atoms with Crippen LogP contribution in [0.2, 0.25) is 0 Å². The first-order valence-electron chi connectivity index (χ1n) is 7.91. The van der Waals surface area contributed by atoms with Crippen molar-refractivity contribution in [2.45, 2.75) is 57.5 Å². The van der Waals surface area contributed by atoms with Crippen LogP contribution in [0.5, 0.6) is 0 Å². The predicted molar refractivity (Wildman–Crippen MR) is 75.8 cm³/mol. The van der Waals surface area contributed by atoms with Crippen molar-refractivity contribution in [1.82, 2.24) is 10.6 Å². The van der Waals surface area contributed by atoms with E-state index in [1.165, 1.54) is 25.7 Å². The van der Waals surface area contributed by atoms with Gasteiger partial charge in [0.05, 0.1) is 6.10 Å². The Bertz CT molecular complexity index is 271. The van der Waals surface area contributed by atoms with E-state index in [1.807, 2.05) is 0 Å². The molecule has 1 heterocycles. The predicted octanol–water partition coefficient (Wildman–Crippen LogP) is 1.43. The summed E-state index contributed by atoms with van der Waals surface area (Å²) in [6, 6.07) is 0. The van der Waals surface area contributed by atoms with Crippen LogP contribution in [0, 0.1) is 11.8 Å². The number of carbonyl (C=O) groups is 1. The Morgan fingerprint density at radius 2 is 1.89 bits per heavy atom. The fourth-order valence-electron chi connectivity index (χ4n) is 3.32. The van der Waals surface area contributed by atoms with Crippen molar-refractivity contribution in [2.75, 3.05) is 19.6 Å². The third-order valence-corrected chi connectivity index (χ3v) is 4.69. The van der Waals surface area contributed by atoms with Gasteiger partial charge in [-0.3, -0.25) is 4.79 Å². The number of nitrogens with one attached hydrogen (secondary N) is 2. The normalized spacial score (nSPS) is 23.4. The minimum atomic E-state index is -0.342. The maximum atomic E-state index is 11.8. The lowest BCUT2D eigenvalue weighted by Gasteiger charge is -2.22. The number of amides is 1. The average Bonchev–Trinajstić information content (AvgIpc) is 2.98. The largest absolute Gasteiger partial charge is 0.391 e. The highest BCUT2D eigenvalue weighted by Gasteiger charge is 2.23. The Labute approximate surface area is 116 Å². The number of aliphatic hydroxyl groups is 1. The molecule has 0 aromatic carbocycles. The summed E-state index contributed by atoms with van der Waals surface area (Å²) in [6.07, 6.45) is 8.34. The first-order valence-corrected chi connectivity index (χ1v) is 7.91. The molecule has 0 aromatic heterocycles. The van der Waals surface area contributed by atoms with E-state index in [-0.39, 0.29) is 12.0 Å². The molecule has 0 bridgehead atoms. The van der Waals surface area contributed by atoms with Gasteiger partial charge in [-0.2, -0.15) is 0 Å². The van der Waals surface area contributed by atoms with Gasteiger partial charge in [0.15, 0.2) is 0 Å². The molecule has 4 heteroatoms. The van der Waals surface area contributed by atoms with Gasteiger partial charge in [-0.15, -0.1) is 0 Å². The Kier molecular flexibility index (Phi) is 6.11. The lowest BCUT2D eigenvalue weighted by molar-refractivity contribution is -0.122. The maximum absolute atomic E-state index is 11.8. The van der Waals surface area contributed by atoms with E-state index in [0.29, 0.717) is 24.8 Å². The number of carbonyl (C=O) groups excluding carboxylic acids is 1. The van der Waals surface area contributed by atoms with Crippen molar-refractivity contribution < 1.29 is 9.90 Å². The van der Waals surface area contributed by atoms with Crippen LogP contribution in [0.25, 0.3) is 0 Å². The molecule has 2 fully saturated rings. The summed E-state index contributed by atoms with van der Waals surface area (Å²) in [5.41, 5.74) is 0. The maximum Gasteiger partial charge on any atom is 0.220 e. The minimum Gasteiger partial charge on any atom is -0.391 e. The van der Waals surface area contributed by atoms with Gasteiger partial charge in [-0.1, -0.05) is 12.8 Å². The number of rotatable bonds is 6. The molecule has 1 saturated carbocycles. The Hall–Kier alpha value is -0.610. The number of piperidine rings is 1. The third-order valence-electron chi connectivity index (χ3n) is 4.69. The van der Waals surface area contributed by atoms with Gasteiger partial charge in [0.2, 0.25) is 5.91 Å². The van der Waals surface area contributed by atoms with Gasteiger partial charge in [0.1, 0.15) is 0 Å². The summed E-state index contributed by atoms with van der Waals surface area (Å²) < 4.78 is 0. The van der Waals surface area contributed by atoms with Crippen molar-refractivity contribution in [3.05, 3.63) is 0 Å². The number of hydrogen-bond acceptors (Lipinski definition) is 3. The van der Waals surface area contributed by atoms with E-state index < -0.39 is 0 Å². The van der Waals surface area contributed by atoms with Crippen molar-refractivity contribution >= 4 is 5.91 Å². The number of aliphatic hydroxyl groups excluding tert-OH is 1. The molecule has 0 aromatic rings. The molecule has 1 amide bonds. The van der Waals surface area contributed by atoms with Gasteiger partial charge in [-0.25, -0.2) is 0 Å². The second-order valence-corrected chi connectivity index (χ2v) is 6.15. The summed E-state index contributed by atoms with van der Waals surface area (Å²) in [4.78, 5) is 11.8. The van der Waals surface area contributed by atoms with Crippen LogP contribution in [-0.4, -0.2) is 36.8 Å². The quantitative estimate of drug-likeness (QED) is 0.683. The highest BCUT2D eigenvalue weighted by Crippen LogP contribution is 2.27. The van der Waals surface area contributed by atoms with Crippen LogP contribution in [0.15, 0.2) is 0 Å². The fourth-order valence-corrected chi connectivity index (χ4v) is 3.32. The molecular weight excluding hydrogens is 240 g/mol. The Morgan fingerprint density at radius 1 is 1.21 bits per heavy atom. The standard InChI is InChI=1S/C15H28N2O2/c18-14(13-3-1-2-4-13)11-17-15(19)6-5-12-7-9-16-10-8-12/h12-14,16,18H,1-11H2,(H,17,19). The first kappa shape index (κ1) is 14.8. The second kappa shape index (κ2) is 7.85. The molecule has 1 unspecified atom stereocenters. The summed E-state index contributed by atoms with van der Waals surface area (Å²) in [6.45, 7) is 2.62. The zero-order chi connectivity index (χ0) is 13.5. The molecule has 0 radical (unpaired) electrons. The fraction of sp³-hybridized carbons (Fsp3) is 0.933. The monoisotopic (exact) mass is 268 g/mol. The highest BCUT2D eigenvalue weighted by atomic mass is 16.3. The van der Waals surface area contributed by atoms with Gasteiger partial charge in [-0.05, 0) is 57.0 Å². The molecule has 1 saturated heterocycles. The zero-order valence-electron chi connectivity index (χ0n) is 11.9. The van der Waals surface area contributed by atoms with Gasteiger partial charge in [0, 0.05) is 13.0 Å². The van der Waals surface area contributed by atoms with E-state index in [9.17, 15) is 9.90 Å². The summed E-state index contributed by atoms with van der Waals surface area (Å²) in [5.74, 6) is 1.21. The van der Waals surface area contributed by atoms with Crippen LogP contribution >= 0.6 is 0 Å². The molecule has 4 nitrogen and oxygen atoms in total. The highest BCUT2D eigenvalue weighted by molar-refractivity contribution is 5.75. The molecule has 1 atom stereocenters. The van der Waals surface area contributed by atoms with Crippen molar-refractivity contribution in [3.8, 4) is 0 Å². The molecule has 110 valence electrons. The zero-order valence-corrected chi connectivity index (χ0v) is 11.9. The number of hydrogen-bond donors (Lipinski definition) is 3. The summed E-state index contributed by atoms with van der Waals surface area (Å²) in [7, 11) is 0. The van der Waals surface area contributed by atoms with Crippen LogP contribution in [0.1, 0.15) is 51.4 Å². The average molecular weight is 268 g/mol. The van der Waals surface area contributed by atoms with Crippen molar-refractivity contribution in [3.63, 3.8) is 0 Å². The van der Waals surface area contributed by atoms with E-state index in [1.54, 1.807) is 0 Å². The SMILES string of the molecule is O=C(CCC1CCNCC1)NCC(O)C1CCCC1. The second-order valence-electron chi connectivity index (χ2n) is 6.15. The van der Waals surface area contributed by atoms with E-state index >= 15 is 0 Å². The molecule has 19 heavy (non-hydrogen) atoms.